The van der Waals surface area contributed by atoms with Gasteiger partial charge in [0.15, 0.2) is 0 Å². The standard InChI is InChI=1S/C12H10.2C4H10/c1-3-7-11(8-4-1)12-9-5-2-6-10-12;2*1-4(2)3/h1-10H;2*4H,1-3H3. The summed E-state index contributed by atoms with van der Waals surface area (Å²) in [6.07, 6.45) is 0. The lowest BCUT2D eigenvalue weighted by atomic mass is 10.1. The van der Waals surface area contributed by atoms with Crippen LogP contribution >= 0.6 is 0 Å². The van der Waals surface area contributed by atoms with Crippen LogP contribution in [0, 0.1) is 11.8 Å². The van der Waals surface area contributed by atoms with Gasteiger partial charge in [-0.25, -0.2) is 0 Å². The molecule has 0 spiro atoms. The van der Waals surface area contributed by atoms with E-state index >= 15 is 0 Å². The van der Waals surface area contributed by atoms with Gasteiger partial charge in [0.05, 0.1) is 0 Å². The summed E-state index contributed by atoms with van der Waals surface area (Å²) in [5.74, 6) is 1.67. The van der Waals surface area contributed by atoms with Gasteiger partial charge in [-0.1, -0.05) is 102 Å². The van der Waals surface area contributed by atoms with E-state index in [9.17, 15) is 0 Å². The first kappa shape index (κ1) is 18.4. The monoisotopic (exact) mass is 270 g/mol. The molecule has 2 aromatic rings. The van der Waals surface area contributed by atoms with Gasteiger partial charge in [-0.05, 0) is 23.0 Å². The second-order valence-corrected chi connectivity index (χ2v) is 6.20. The molecule has 0 atom stereocenters. The minimum atomic E-state index is 0.833. The summed E-state index contributed by atoms with van der Waals surface area (Å²) < 4.78 is 0. The van der Waals surface area contributed by atoms with E-state index < -0.39 is 0 Å². The predicted octanol–water partition coefficient (Wildman–Crippen LogP) is 6.68. The third-order valence-corrected chi connectivity index (χ3v) is 1.88. The Bertz CT molecular complexity index is 363. The maximum atomic E-state index is 2.17. The van der Waals surface area contributed by atoms with Crippen LogP contribution in [-0.4, -0.2) is 0 Å². The molecule has 0 N–H and O–H groups in total. The van der Waals surface area contributed by atoms with Crippen LogP contribution in [0.3, 0.4) is 0 Å². The summed E-state index contributed by atoms with van der Waals surface area (Å²) in [4.78, 5) is 0. The van der Waals surface area contributed by atoms with Crippen LogP contribution < -0.4 is 0 Å². The summed E-state index contributed by atoms with van der Waals surface area (Å²) in [5, 5.41) is 0. The van der Waals surface area contributed by atoms with Gasteiger partial charge >= 0.3 is 0 Å². The van der Waals surface area contributed by atoms with E-state index in [1.165, 1.54) is 11.1 Å². The molecule has 0 bridgehead atoms. The molecule has 0 fully saturated rings. The highest BCUT2D eigenvalue weighted by atomic mass is 14.0. The molecule has 0 aliphatic heterocycles. The van der Waals surface area contributed by atoms with Crippen molar-refractivity contribution in [3.63, 3.8) is 0 Å². The normalized spacial score (nSPS) is 9.40. The van der Waals surface area contributed by atoms with Crippen LogP contribution in [-0.2, 0) is 0 Å². The first-order valence-corrected chi connectivity index (χ1v) is 7.54. The van der Waals surface area contributed by atoms with E-state index in [4.69, 9.17) is 0 Å². The molecule has 0 unspecified atom stereocenters. The fraction of sp³-hybridized carbons (Fsp3) is 0.400. The molecule has 0 aliphatic rings. The van der Waals surface area contributed by atoms with Gasteiger partial charge in [-0.15, -0.1) is 0 Å². The lowest BCUT2D eigenvalue weighted by Gasteiger charge is -1.98. The zero-order valence-corrected chi connectivity index (χ0v) is 13.9. The maximum absolute atomic E-state index is 2.17. The van der Waals surface area contributed by atoms with Gasteiger partial charge in [0.2, 0.25) is 0 Å². The molecular weight excluding hydrogens is 240 g/mol. The van der Waals surface area contributed by atoms with Crippen LogP contribution in [0.1, 0.15) is 41.5 Å². The topological polar surface area (TPSA) is 0 Å². The van der Waals surface area contributed by atoms with Gasteiger partial charge in [0.25, 0.3) is 0 Å². The third-order valence-electron chi connectivity index (χ3n) is 1.88. The van der Waals surface area contributed by atoms with Gasteiger partial charge in [-0.3, -0.25) is 0 Å². The fourth-order valence-corrected chi connectivity index (χ4v) is 1.26. The minimum absolute atomic E-state index is 0.833. The van der Waals surface area contributed by atoms with E-state index in [2.05, 4.69) is 90.1 Å². The highest BCUT2D eigenvalue weighted by Gasteiger charge is 1.91. The highest BCUT2D eigenvalue weighted by Crippen LogP contribution is 2.17. The summed E-state index contributed by atoms with van der Waals surface area (Å²) in [6, 6.07) is 20.8. The second-order valence-electron chi connectivity index (χ2n) is 6.20. The molecule has 0 aliphatic carbocycles. The van der Waals surface area contributed by atoms with E-state index in [-0.39, 0.29) is 0 Å². The van der Waals surface area contributed by atoms with Crippen molar-refractivity contribution in [3.05, 3.63) is 60.7 Å². The van der Waals surface area contributed by atoms with E-state index in [1.807, 2.05) is 12.1 Å². The Morgan fingerprint density at radius 3 is 0.850 bits per heavy atom. The Balaban J connectivity index is 0.000000380. The SMILES string of the molecule is CC(C)C.CC(C)C.c1ccc(-c2ccccc2)cc1. The van der Waals surface area contributed by atoms with Crippen LogP contribution in [0.15, 0.2) is 60.7 Å². The minimum Gasteiger partial charge on any atom is -0.0630 e. The van der Waals surface area contributed by atoms with Crippen molar-refractivity contribution in [1.82, 2.24) is 0 Å². The number of rotatable bonds is 1. The van der Waals surface area contributed by atoms with Gasteiger partial charge in [0, 0.05) is 0 Å². The van der Waals surface area contributed by atoms with Crippen LogP contribution in [0.25, 0.3) is 11.1 Å². The highest BCUT2D eigenvalue weighted by molar-refractivity contribution is 5.62. The molecule has 2 rings (SSSR count). The lowest BCUT2D eigenvalue weighted by Crippen LogP contribution is -1.73. The largest absolute Gasteiger partial charge is 0.0630 e. The van der Waals surface area contributed by atoms with Crippen LogP contribution in [0.5, 0.6) is 0 Å². The molecule has 0 radical (unpaired) electrons. The van der Waals surface area contributed by atoms with E-state index in [1.54, 1.807) is 0 Å². The van der Waals surface area contributed by atoms with E-state index in [0.29, 0.717) is 0 Å². The summed E-state index contributed by atoms with van der Waals surface area (Å²) in [7, 11) is 0. The zero-order valence-electron chi connectivity index (χ0n) is 13.9. The van der Waals surface area contributed by atoms with Gasteiger partial charge < -0.3 is 0 Å². The van der Waals surface area contributed by atoms with Gasteiger partial charge in [0.1, 0.15) is 0 Å². The number of benzene rings is 2. The molecule has 2 aromatic carbocycles. The quantitative estimate of drug-likeness (QED) is 0.542. The molecule has 0 heteroatoms. The third kappa shape index (κ3) is 11.5. The molecule has 0 aromatic heterocycles. The Morgan fingerprint density at radius 2 is 0.650 bits per heavy atom. The first-order chi connectivity index (χ1) is 9.43. The van der Waals surface area contributed by atoms with Crippen LogP contribution in [0.2, 0.25) is 0 Å². The number of hydrogen-bond acceptors (Lipinski definition) is 0. The van der Waals surface area contributed by atoms with Crippen molar-refractivity contribution in [2.75, 3.05) is 0 Å². The van der Waals surface area contributed by atoms with E-state index in [0.717, 1.165) is 11.8 Å². The molecule has 0 amide bonds. The van der Waals surface area contributed by atoms with Crippen molar-refractivity contribution in [2.24, 2.45) is 11.8 Å². The maximum Gasteiger partial charge on any atom is -0.0184 e. The summed E-state index contributed by atoms with van der Waals surface area (Å²) >= 11 is 0. The lowest BCUT2D eigenvalue weighted by molar-refractivity contribution is 0.736. The fourth-order valence-electron chi connectivity index (χ4n) is 1.26. The van der Waals surface area contributed by atoms with Crippen molar-refractivity contribution in [2.45, 2.75) is 41.5 Å². The van der Waals surface area contributed by atoms with Crippen LogP contribution in [0.4, 0.5) is 0 Å². The van der Waals surface area contributed by atoms with Crippen molar-refractivity contribution >= 4 is 0 Å². The first-order valence-electron chi connectivity index (χ1n) is 7.54. The van der Waals surface area contributed by atoms with Crippen molar-refractivity contribution in [3.8, 4) is 11.1 Å². The Morgan fingerprint density at radius 1 is 0.450 bits per heavy atom. The molecule has 110 valence electrons. The second kappa shape index (κ2) is 11.3. The van der Waals surface area contributed by atoms with Crippen molar-refractivity contribution < 1.29 is 0 Å². The Labute approximate surface area is 125 Å². The molecule has 20 heavy (non-hydrogen) atoms. The number of hydrogen-bond donors (Lipinski definition) is 0. The average Bonchev–Trinajstić information content (AvgIpc) is 2.39. The average molecular weight is 270 g/mol. The Kier molecular flexibility index (Phi) is 10.4. The summed E-state index contributed by atoms with van der Waals surface area (Å²) in [6.45, 7) is 13.0. The molecule has 0 saturated heterocycles. The van der Waals surface area contributed by atoms with Gasteiger partial charge in [-0.2, -0.15) is 0 Å². The predicted molar refractivity (Wildman–Crippen MR) is 92.9 cm³/mol. The molecule has 0 nitrogen and oxygen atoms in total. The molecule has 0 heterocycles. The summed E-state index contributed by atoms with van der Waals surface area (Å²) in [5.41, 5.74) is 2.55. The molecule has 0 saturated carbocycles. The van der Waals surface area contributed by atoms with Crippen molar-refractivity contribution in [1.29, 1.82) is 0 Å². The molecular formula is C20H30. The smallest absolute Gasteiger partial charge is 0.0184 e. The zero-order chi connectivity index (χ0) is 15.4. The Hall–Kier alpha value is -1.56.